The van der Waals surface area contributed by atoms with E-state index in [2.05, 4.69) is 33.4 Å². The number of carbonyl (C=O) groups excluding carboxylic acids is 1. The molecule has 0 spiro atoms. The minimum atomic E-state index is -0.493. The zero-order valence-corrected chi connectivity index (χ0v) is 14.6. The molecule has 1 aromatic heterocycles. The molecule has 4 rings (SSSR count). The molecule has 1 fully saturated rings. The van der Waals surface area contributed by atoms with Crippen LogP contribution in [-0.2, 0) is 11.3 Å². The number of nitrogens with zero attached hydrogens (tertiary/aromatic N) is 2. The second kappa shape index (κ2) is 6.84. The molecule has 2 aromatic carbocycles. The molecule has 1 aliphatic heterocycles. The van der Waals surface area contributed by atoms with E-state index in [1.54, 1.807) is 18.3 Å². The number of fused-ring (bicyclic) bond motifs is 1. The van der Waals surface area contributed by atoms with Crippen molar-refractivity contribution in [3.63, 3.8) is 0 Å². The fourth-order valence-electron chi connectivity index (χ4n) is 3.65. The van der Waals surface area contributed by atoms with Crippen LogP contribution in [0.1, 0.15) is 22.7 Å². The quantitative estimate of drug-likeness (QED) is 0.789. The standard InChI is InChI=1S/C21H20FN3O/c1-14-7-8-16(18-6-3-9-23-19(14)18)13-25-11-10-24-21(26)20(25)15-4-2-5-17(22)12-15/h2-9,12,20H,10-11,13H2,1H3,(H,24,26)/t20-/m1/s1. The van der Waals surface area contributed by atoms with Crippen LogP contribution in [0.25, 0.3) is 10.9 Å². The van der Waals surface area contributed by atoms with Crippen LogP contribution in [0.15, 0.2) is 54.7 Å². The van der Waals surface area contributed by atoms with Gasteiger partial charge in [0.15, 0.2) is 0 Å². The van der Waals surface area contributed by atoms with E-state index in [4.69, 9.17) is 0 Å². The first-order valence-corrected chi connectivity index (χ1v) is 8.74. The third-order valence-electron chi connectivity index (χ3n) is 4.91. The number of piperazine rings is 1. The molecule has 1 aliphatic rings. The van der Waals surface area contributed by atoms with Gasteiger partial charge in [-0.1, -0.05) is 30.3 Å². The summed E-state index contributed by atoms with van der Waals surface area (Å²) in [6.45, 7) is 3.95. The molecule has 1 N–H and O–H groups in total. The van der Waals surface area contributed by atoms with E-state index < -0.39 is 6.04 Å². The van der Waals surface area contributed by atoms with E-state index >= 15 is 0 Å². The highest BCUT2D eigenvalue weighted by Gasteiger charge is 2.31. The summed E-state index contributed by atoms with van der Waals surface area (Å²) in [4.78, 5) is 19.1. The fraction of sp³-hybridized carbons (Fsp3) is 0.238. The number of benzene rings is 2. The molecule has 0 aliphatic carbocycles. The highest BCUT2D eigenvalue weighted by molar-refractivity contribution is 5.86. The molecule has 0 saturated carbocycles. The Morgan fingerprint density at radius 2 is 2.12 bits per heavy atom. The number of aromatic nitrogens is 1. The maximum absolute atomic E-state index is 13.7. The number of hydrogen-bond acceptors (Lipinski definition) is 3. The van der Waals surface area contributed by atoms with Gasteiger partial charge in [0.2, 0.25) is 5.91 Å². The van der Waals surface area contributed by atoms with Gasteiger partial charge >= 0.3 is 0 Å². The van der Waals surface area contributed by atoms with Gasteiger partial charge < -0.3 is 5.32 Å². The fourth-order valence-corrected chi connectivity index (χ4v) is 3.65. The average Bonchev–Trinajstić information content (AvgIpc) is 2.64. The van der Waals surface area contributed by atoms with Crippen molar-refractivity contribution in [3.8, 4) is 0 Å². The van der Waals surface area contributed by atoms with E-state index in [1.807, 2.05) is 13.0 Å². The molecule has 1 saturated heterocycles. The summed E-state index contributed by atoms with van der Waals surface area (Å²) in [5.74, 6) is -0.415. The van der Waals surface area contributed by atoms with Gasteiger partial charge in [-0.3, -0.25) is 14.7 Å². The average molecular weight is 349 g/mol. The van der Waals surface area contributed by atoms with Crippen molar-refractivity contribution in [1.29, 1.82) is 0 Å². The lowest BCUT2D eigenvalue weighted by Gasteiger charge is -2.35. The Morgan fingerprint density at radius 3 is 2.96 bits per heavy atom. The predicted octanol–water partition coefficient (Wildman–Crippen LogP) is 3.36. The largest absolute Gasteiger partial charge is 0.353 e. The lowest BCUT2D eigenvalue weighted by molar-refractivity contribution is -0.129. The Labute approximate surface area is 151 Å². The van der Waals surface area contributed by atoms with Crippen molar-refractivity contribution in [2.45, 2.75) is 19.5 Å². The molecule has 26 heavy (non-hydrogen) atoms. The van der Waals surface area contributed by atoms with Gasteiger partial charge in [0, 0.05) is 31.2 Å². The van der Waals surface area contributed by atoms with Crippen LogP contribution in [-0.4, -0.2) is 28.9 Å². The van der Waals surface area contributed by atoms with E-state index in [1.165, 1.54) is 12.1 Å². The molecule has 132 valence electrons. The third kappa shape index (κ3) is 3.06. The van der Waals surface area contributed by atoms with Gasteiger partial charge in [-0.15, -0.1) is 0 Å². The first-order valence-electron chi connectivity index (χ1n) is 8.74. The number of hydrogen-bond donors (Lipinski definition) is 1. The first-order chi connectivity index (χ1) is 12.6. The summed E-state index contributed by atoms with van der Waals surface area (Å²) in [6, 6.07) is 13.9. The zero-order valence-electron chi connectivity index (χ0n) is 14.6. The van der Waals surface area contributed by atoms with Crippen LogP contribution < -0.4 is 5.32 Å². The Morgan fingerprint density at radius 1 is 1.23 bits per heavy atom. The molecule has 1 atom stereocenters. The minimum absolute atomic E-state index is 0.0867. The molecule has 2 heterocycles. The Kier molecular flexibility index (Phi) is 4.39. The summed E-state index contributed by atoms with van der Waals surface area (Å²) in [5.41, 5.74) is 3.91. The van der Waals surface area contributed by atoms with Crippen molar-refractivity contribution >= 4 is 16.8 Å². The Balaban J connectivity index is 1.72. The highest BCUT2D eigenvalue weighted by Crippen LogP contribution is 2.28. The van der Waals surface area contributed by atoms with Gasteiger partial charge in [-0.05, 0) is 41.8 Å². The van der Waals surface area contributed by atoms with Crippen LogP contribution >= 0.6 is 0 Å². The third-order valence-corrected chi connectivity index (χ3v) is 4.91. The number of carbonyl (C=O) groups is 1. The summed E-state index contributed by atoms with van der Waals surface area (Å²) >= 11 is 0. The van der Waals surface area contributed by atoms with Crippen molar-refractivity contribution in [2.75, 3.05) is 13.1 Å². The van der Waals surface area contributed by atoms with Crippen LogP contribution in [0.4, 0.5) is 4.39 Å². The Bertz CT molecular complexity index is 972. The van der Waals surface area contributed by atoms with Crippen molar-refractivity contribution in [2.24, 2.45) is 0 Å². The second-order valence-electron chi connectivity index (χ2n) is 6.66. The van der Waals surface area contributed by atoms with Gasteiger partial charge in [0.25, 0.3) is 0 Å². The van der Waals surface area contributed by atoms with Crippen LogP contribution in [0.5, 0.6) is 0 Å². The van der Waals surface area contributed by atoms with E-state index in [0.29, 0.717) is 25.2 Å². The molecule has 4 nitrogen and oxygen atoms in total. The van der Waals surface area contributed by atoms with Gasteiger partial charge in [-0.25, -0.2) is 4.39 Å². The number of amides is 1. The highest BCUT2D eigenvalue weighted by atomic mass is 19.1. The molecule has 0 radical (unpaired) electrons. The molecular formula is C21H20FN3O. The smallest absolute Gasteiger partial charge is 0.242 e. The predicted molar refractivity (Wildman–Crippen MR) is 99.0 cm³/mol. The summed E-state index contributed by atoms with van der Waals surface area (Å²) < 4.78 is 13.7. The number of rotatable bonds is 3. The van der Waals surface area contributed by atoms with Crippen LogP contribution in [0.3, 0.4) is 0 Å². The number of nitrogens with one attached hydrogen (secondary N) is 1. The number of pyridine rings is 1. The van der Waals surface area contributed by atoms with Crippen LogP contribution in [0, 0.1) is 12.7 Å². The number of halogens is 1. The number of aryl methyl sites for hydroxylation is 1. The van der Waals surface area contributed by atoms with E-state index in [9.17, 15) is 9.18 Å². The normalized spacial score (nSPS) is 18.1. The summed E-state index contributed by atoms with van der Waals surface area (Å²) in [7, 11) is 0. The molecule has 0 bridgehead atoms. The topological polar surface area (TPSA) is 45.2 Å². The molecule has 3 aromatic rings. The lowest BCUT2D eigenvalue weighted by Crippen LogP contribution is -2.49. The van der Waals surface area contributed by atoms with E-state index in [-0.39, 0.29) is 11.7 Å². The summed E-state index contributed by atoms with van der Waals surface area (Å²) in [5, 5.41) is 3.99. The van der Waals surface area contributed by atoms with Crippen LogP contribution in [0.2, 0.25) is 0 Å². The second-order valence-corrected chi connectivity index (χ2v) is 6.66. The van der Waals surface area contributed by atoms with Gasteiger partial charge in [0.1, 0.15) is 11.9 Å². The summed E-state index contributed by atoms with van der Waals surface area (Å²) in [6.07, 6.45) is 1.79. The molecule has 0 unspecified atom stereocenters. The minimum Gasteiger partial charge on any atom is -0.353 e. The van der Waals surface area contributed by atoms with Gasteiger partial charge in [0.05, 0.1) is 5.52 Å². The first kappa shape index (κ1) is 16.7. The van der Waals surface area contributed by atoms with E-state index in [0.717, 1.165) is 22.0 Å². The molecular weight excluding hydrogens is 329 g/mol. The van der Waals surface area contributed by atoms with Crippen molar-refractivity contribution in [1.82, 2.24) is 15.2 Å². The maximum atomic E-state index is 13.7. The maximum Gasteiger partial charge on any atom is 0.242 e. The SMILES string of the molecule is Cc1ccc(CN2CCNC(=O)[C@H]2c2cccc(F)c2)c2cccnc12. The molecule has 1 amide bonds. The van der Waals surface area contributed by atoms with Gasteiger partial charge in [-0.2, -0.15) is 0 Å². The molecule has 5 heteroatoms. The van der Waals surface area contributed by atoms with Crippen molar-refractivity contribution < 1.29 is 9.18 Å². The monoisotopic (exact) mass is 349 g/mol. The Hall–Kier alpha value is -2.79. The lowest BCUT2D eigenvalue weighted by atomic mass is 9.99. The zero-order chi connectivity index (χ0) is 18.1. The van der Waals surface area contributed by atoms with Crippen molar-refractivity contribution in [3.05, 3.63) is 77.2 Å².